The number of aromatic nitrogens is 1. The fourth-order valence-electron chi connectivity index (χ4n) is 3.69. The molecule has 0 spiro atoms. The third kappa shape index (κ3) is 7.48. The first-order valence-corrected chi connectivity index (χ1v) is 12.3. The number of carboxylic acids is 1. The molecule has 0 amide bonds. The SMILES string of the molecule is Nc1ccccc1S.O=C(O)C1CCNCC1.c1ccc2sc(C3CCNCC3)nc2c1. The summed E-state index contributed by atoms with van der Waals surface area (Å²) < 4.78 is 1.33. The molecule has 0 unspecified atom stereocenters. The lowest BCUT2D eigenvalue weighted by molar-refractivity contribution is -0.142. The number of benzene rings is 2. The number of rotatable bonds is 2. The second-order valence-corrected chi connectivity index (χ2v) is 9.51. The number of fused-ring (bicyclic) bond motifs is 1. The zero-order valence-electron chi connectivity index (χ0n) is 18.2. The zero-order valence-corrected chi connectivity index (χ0v) is 19.9. The lowest BCUT2D eigenvalue weighted by Crippen LogP contribution is -2.31. The number of nitrogens with two attached hydrogens (primary N) is 1. The second-order valence-electron chi connectivity index (χ2n) is 7.97. The molecule has 0 aliphatic carbocycles. The Morgan fingerprint density at radius 1 is 0.969 bits per heavy atom. The Morgan fingerprint density at radius 3 is 2.09 bits per heavy atom. The van der Waals surface area contributed by atoms with Crippen LogP contribution in [0, 0.1) is 5.92 Å². The summed E-state index contributed by atoms with van der Waals surface area (Å²) in [5.41, 5.74) is 7.34. The van der Waals surface area contributed by atoms with Crippen molar-refractivity contribution in [3.8, 4) is 0 Å². The van der Waals surface area contributed by atoms with E-state index in [1.807, 2.05) is 35.6 Å². The highest BCUT2D eigenvalue weighted by Gasteiger charge is 2.19. The number of piperidine rings is 2. The van der Waals surface area contributed by atoms with Gasteiger partial charge in [0.1, 0.15) is 0 Å². The number of hydrogen-bond donors (Lipinski definition) is 5. The summed E-state index contributed by atoms with van der Waals surface area (Å²) in [7, 11) is 0. The number of para-hydroxylation sites is 2. The predicted octanol–water partition coefficient (Wildman–Crippen LogP) is 4.39. The van der Waals surface area contributed by atoms with E-state index >= 15 is 0 Å². The Kier molecular flexibility index (Phi) is 9.80. The minimum atomic E-state index is -0.642. The van der Waals surface area contributed by atoms with E-state index in [1.165, 1.54) is 22.5 Å². The zero-order chi connectivity index (χ0) is 22.8. The van der Waals surface area contributed by atoms with E-state index in [9.17, 15) is 4.79 Å². The molecule has 5 rings (SSSR count). The fourth-order valence-corrected chi connectivity index (χ4v) is 4.99. The fraction of sp³-hybridized carbons (Fsp3) is 0.417. The Labute approximate surface area is 199 Å². The van der Waals surface area contributed by atoms with Crippen LogP contribution in [0.15, 0.2) is 53.4 Å². The van der Waals surface area contributed by atoms with Gasteiger partial charge in [-0.05, 0) is 76.1 Å². The Balaban J connectivity index is 0.000000147. The molecule has 32 heavy (non-hydrogen) atoms. The van der Waals surface area contributed by atoms with Crippen LogP contribution in [0.5, 0.6) is 0 Å². The first-order valence-electron chi connectivity index (χ1n) is 11.1. The summed E-state index contributed by atoms with van der Waals surface area (Å²) in [6.45, 7) is 4.00. The number of hydrogen-bond acceptors (Lipinski definition) is 7. The molecular weight excluding hydrogens is 440 g/mol. The summed E-state index contributed by atoms with van der Waals surface area (Å²) in [5.74, 6) is -0.0496. The summed E-state index contributed by atoms with van der Waals surface area (Å²) in [6.07, 6.45) is 4.05. The molecule has 2 aliphatic rings. The standard InChI is InChI=1S/C12H14N2S.C6H11NO2.C6H7NS/c1-2-4-11-10(3-1)14-12(15-11)9-5-7-13-8-6-9;8-6(9)5-1-3-7-4-2-5;7-5-3-1-2-4-6(5)8/h1-4,9,13H,5-8H2;5,7H,1-4H2,(H,8,9);1-4,8H,7H2. The maximum atomic E-state index is 10.3. The first kappa shape index (κ1) is 24.5. The van der Waals surface area contributed by atoms with Gasteiger partial charge in [-0.2, -0.15) is 0 Å². The number of nitrogens with one attached hydrogen (secondary N) is 2. The number of thiol groups is 1. The average Bonchev–Trinajstić information content (AvgIpc) is 3.27. The Bertz CT molecular complexity index is 929. The van der Waals surface area contributed by atoms with E-state index in [4.69, 9.17) is 15.8 Å². The van der Waals surface area contributed by atoms with Gasteiger partial charge >= 0.3 is 5.97 Å². The molecular formula is C24H32N4O2S2. The maximum Gasteiger partial charge on any atom is 0.306 e. The van der Waals surface area contributed by atoms with Crippen molar-refractivity contribution in [2.45, 2.75) is 36.5 Å². The molecule has 172 valence electrons. The van der Waals surface area contributed by atoms with Gasteiger partial charge in [0, 0.05) is 16.5 Å². The third-order valence-electron chi connectivity index (χ3n) is 5.62. The number of aliphatic carboxylic acids is 1. The molecule has 0 saturated carbocycles. The van der Waals surface area contributed by atoms with E-state index in [1.54, 1.807) is 0 Å². The van der Waals surface area contributed by atoms with Gasteiger partial charge in [0.15, 0.2) is 0 Å². The number of carbonyl (C=O) groups is 1. The maximum absolute atomic E-state index is 10.3. The number of nitrogen functional groups attached to an aromatic ring is 1. The van der Waals surface area contributed by atoms with Gasteiger partial charge < -0.3 is 21.5 Å². The Hall–Kier alpha value is -2.13. The molecule has 0 bridgehead atoms. The van der Waals surface area contributed by atoms with Crippen molar-refractivity contribution in [3.05, 3.63) is 53.5 Å². The highest BCUT2D eigenvalue weighted by atomic mass is 32.1. The van der Waals surface area contributed by atoms with Crippen molar-refractivity contribution in [1.29, 1.82) is 0 Å². The minimum absolute atomic E-state index is 0.0914. The van der Waals surface area contributed by atoms with E-state index in [0.29, 0.717) is 5.92 Å². The van der Waals surface area contributed by atoms with E-state index in [-0.39, 0.29) is 5.92 Å². The highest BCUT2D eigenvalue weighted by Crippen LogP contribution is 2.32. The van der Waals surface area contributed by atoms with Crippen LogP contribution in [0.3, 0.4) is 0 Å². The topological polar surface area (TPSA) is 100 Å². The normalized spacial score (nSPS) is 17.0. The third-order valence-corrected chi connectivity index (χ3v) is 7.23. The quantitative estimate of drug-likeness (QED) is 0.280. The van der Waals surface area contributed by atoms with Gasteiger partial charge in [0.05, 0.1) is 21.1 Å². The molecule has 3 aromatic rings. The number of thiazole rings is 1. The number of carboxylic acid groups (broad SMARTS) is 1. The number of anilines is 1. The van der Waals surface area contributed by atoms with Crippen LogP contribution in [-0.4, -0.2) is 42.2 Å². The molecule has 8 heteroatoms. The van der Waals surface area contributed by atoms with Crippen LogP contribution in [-0.2, 0) is 4.79 Å². The molecule has 2 fully saturated rings. The van der Waals surface area contributed by atoms with Crippen LogP contribution in [0.2, 0.25) is 0 Å². The van der Waals surface area contributed by atoms with Crippen molar-refractivity contribution in [1.82, 2.24) is 15.6 Å². The monoisotopic (exact) mass is 472 g/mol. The Morgan fingerprint density at radius 2 is 1.56 bits per heavy atom. The van der Waals surface area contributed by atoms with Crippen molar-refractivity contribution in [2.24, 2.45) is 5.92 Å². The smallest absolute Gasteiger partial charge is 0.306 e. The molecule has 0 radical (unpaired) electrons. The van der Waals surface area contributed by atoms with Crippen molar-refractivity contribution < 1.29 is 9.90 Å². The molecule has 3 heterocycles. The van der Waals surface area contributed by atoms with Crippen LogP contribution in [0.4, 0.5) is 5.69 Å². The average molecular weight is 473 g/mol. The van der Waals surface area contributed by atoms with Crippen LogP contribution < -0.4 is 16.4 Å². The molecule has 2 saturated heterocycles. The van der Waals surface area contributed by atoms with Gasteiger partial charge in [-0.15, -0.1) is 24.0 Å². The summed E-state index contributed by atoms with van der Waals surface area (Å²) in [6, 6.07) is 15.9. The minimum Gasteiger partial charge on any atom is -0.481 e. The van der Waals surface area contributed by atoms with Crippen LogP contribution in [0.1, 0.15) is 36.6 Å². The highest BCUT2D eigenvalue weighted by molar-refractivity contribution is 7.80. The molecule has 2 aliphatic heterocycles. The van der Waals surface area contributed by atoms with E-state index in [0.717, 1.165) is 55.1 Å². The second kappa shape index (κ2) is 12.8. The molecule has 2 aromatic carbocycles. The van der Waals surface area contributed by atoms with Gasteiger partial charge in [-0.25, -0.2) is 4.98 Å². The summed E-state index contributed by atoms with van der Waals surface area (Å²) >= 11 is 5.94. The van der Waals surface area contributed by atoms with Crippen LogP contribution in [0.25, 0.3) is 10.2 Å². The van der Waals surface area contributed by atoms with Crippen molar-refractivity contribution >= 4 is 45.8 Å². The van der Waals surface area contributed by atoms with Gasteiger partial charge in [0.2, 0.25) is 0 Å². The summed E-state index contributed by atoms with van der Waals surface area (Å²) in [4.78, 5) is 15.9. The lowest BCUT2D eigenvalue weighted by Gasteiger charge is -2.20. The van der Waals surface area contributed by atoms with Gasteiger partial charge in [-0.1, -0.05) is 24.3 Å². The lowest BCUT2D eigenvalue weighted by atomic mass is 9.99. The molecule has 6 nitrogen and oxygen atoms in total. The van der Waals surface area contributed by atoms with E-state index in [2.05, 4.69) is 47.5 Å². The predicted molar refractivity (Wildman–Crippen MR) is 136 cm³/mol. The van der Waals surface area contributed by atoms with Crippen LogP contribution >= 0.6 is 24.0 Å². The van der Waals surface area contributed by atoms with Gasteiger partial charge in [0.25, 0.3) is 0 Å². The van der Waals surface area contributed by atoms with Gasteiger partial charge in [-0.3, -0.25) is 4.79 Å². The van der Waals surface area contributed by atoms with Crippen molar-refractivity contribution in [3.63, 3.8) is 0 Å². The van der Waals surface area contributed by atoms with Crippen molar-refractivity contribution in [2.75, 3.05) is 31.9 Å². The molecule has 1 aromatic heterocycles. The first-order chi connectivity index (χ1) is 15.5. The molecule has 0 atom stereocenters. The largest absolute Gasteiger partial charge is 0.481 e. The van der Waals surface area contributed by atoms with E-state index < -0.39 is 5.97 Å². The number of nitrogens with zero attached hydrogens (tertiary/aromatic N) is 1. The summed E-state index contributed by atoms with van der Waals surface area (Å²) in [5, 5.41) is 16.3. The molecule has 5 N–H and O–H groups in total.